The van der Waals surface area contributed by atoms with Crippen molar-refractivity contribution in [2.45, 2.75) is 30.8 Å². The summed E-state index contributed by atoms with van der Waals surface area (Å²) in [5.74, 6) is -1.57. The molecule has 1 atom stereocenters. The Bertz CT molecular complexity index is 1560. The minimum Gasteiger partial charge on any atom is -0.452 e. The van der Waals surface area contributed by atoms with Gasteiger partial charge in [0.25, 0.3) is 21.5 Å². The van der Waals surface area contributed by atoms with Crippen molar-refractivity contribution < 1.29 is 27.5 Å². The van der Waals surface area contributed by atoms with Crippen molar-refractivity contribution in [1.82, 2.24) is 14.7 Å². The van der Waals surface area contributed by atoms with E-state index in [1.54, 1.807) is 44.3 Å². The number of hydrogen-bond donors (Lipinski definition) is 2. The van der Waals surface area contributed by atoms with Crippen LogP contribution in [0, 0.1) is 6.92 Å². The van der Waals surface area contributed by atoms with Crippen molar-refractivity contribution >= 4 is 50.8 Å². The summed E-state index contributed by atoms with van der Waals surface area (Å²) >= 11 is 12.3. The lowest BCUT2D eigenvalue weighted by Crippen LogP contribution is -2.34. The number of nitrogens with zero attached hydrogens (tertiary/aromatic N) is 2. The SMILES string of the molecule is Cc1c(NS(=O)(=O)c2cc(C(=O)OCC(=O)NCC3CCCO3)c(Cl)cc2Cl)c(=O)n(-c2ccccc2)n1C. The third-order valence-electron chi connectivity index (χ3n) is 6.21. The van der Waals surface area contributed by atoms with E-state index in [0.29, 0.717) is 18.0 Å². The van der Waals surface area contributed by atoms with Crippen LogP contribution in [0.4, 0.5) is 5.69 Å². The average molecular weight is 597 g/mol. The van der Waals surface area contributed by atoms with Crippen LogP contribution in [0.1, 0.15) is 28.9 Å². The van der Waals surface area contributed by atoms with Gasteiger partial charge in [-0.3, -0.25) is 19.0 Å². The molecule has 1 amide bonds. The Kier molecular flexibility index (Phi) is 8.70. The second-order valence-corrected chi connectivity index (χ2v) is 11.3. The van der Waals surface area contributed by atoms with Crippen molar-refractivity contribution in [2.75, 3.05) is 24.5 Å². The first-order chi connectivity index (χ1) is 18.5. The van der Waals surface area contributed by atoms with Crippen LogP contribution in [-0.4, -0.2) is 55.5 Å². The molecule has 11 nitrogen and oxygen atoms in total. The lowest BCUT2D eigenvalue weighted by Gasteiger charge is -2.13. The van der Waals surface area contributed by atoms with Gasteiger partial charge in [-0.1, -0.05) is 41.4 Å². The topological polar surface area (TPSA) is 138 Å². The van der Waals surface area contributed by atoms with Crippen molar-refractivity contribution in [1.29, 1.82) is 0 Å². The van der Waals surface area contributed by atoms with E-state index in [1.807, 2.05) is 0 Å². The highest BCUT2D eigenvalue weighted by Crippen LogP contribution is 2.30. The molecule has 0 aliphatic carbocycles. The second-order valence-electron chi connectivity index (χ2n) is 8.82. The van der Waals surface area contributed by atoms with Crippen LogP contribution in [0.2, 0.25) is 10.0 Å². The van der Waals surface area contributed by atoms with Gasteiger partial charge in [0.15, 0.2) is 6.61 Å². The molecule has 0 radical (unpaired) electrons. The summed E-state index contributed by atoms with van der Waals surface area (Å²) in [6.45, 7) is 1.90. The van der Waals surface area contributed by atoms with Crippen LogP contribution in [-0.2, 0) is 31.3 Å². The minimum atomic E-state index is -4.46. The maximum absolute atomic E-state index is 13.3. The number of esters is 1. The van der Waals surface area contributed by atoms with Gasteiger partial charge in [0.05, 0.1) is 33.1 Å². The molecule has 1 aliphatic heterocycles. The van der Waals surface area contributed by atoms with Crippen LogP contribution in [0.15, 0.2) is 52.2 Å². The quantitative estimate of drug-likeness (QED) is 0.362. The molecular weight excluding hydrogens is 571 g/mol. The lowest BCUT2D eigenvalue weighted by atomic mass is 10.2. The van der Waals surface area contributed by atoms with Gasteiger partial charge in [-0.05, 0) is 44.0 Å². The zero-order valence-corrected chi connectivity index (χ0v) is 23.4. The molecule has 14 heteroatoms. The monoisotopic (exact) mass is 596 g/mol. The molecule has 4 rings (SSSR count). The largest absolute Gasteiger partial charge is 0.452 e. The number of nitrogens with one attached hydrogen (secondary N) is 2. The van der Waals surface area contributed by atoms with Crippen LogP contribution >= 0.6 is 23.2 Å². The minimum absolute atomic E-state index is 0.0827. The number of carbonyl (C=O) groups excluding carboxylic acids is 2. The fourth-order valence-corrected chi connectivity index (χ4v) is 6.03. The molecule has 1 aliphatic rings. The van der Waals surface area contributed by atoms with E-state index in [4.69, 9.17) is 32.7 Å². The van der Waals surface area contributed by atoms with E-state index in [2.05, 4.69) is 10.0 Å². The summed E-state index contributed by atoms with van der Waals surface area (Å²) in [6, 6.07) is 10.7. The number of ether oxygens (including phenoxy) is 2. The number of carbonyl (C=O) groups is 2. The van der Waals surface area contributed by atoms with E-state index < -0.39 is 39.0 Å². The number of rotatable bonds is 9. The number of sulfonamides is 1. The van der Waals surface area contributed by atoms with E-state index in [0.717, 1.165) is 25.0 Å². The Morgan fingerprint density at radius 2 is 1.87 bits per heavy atom. The van der Waals surface area contributed by atoms with Crippen LogP contribution in [0.3, 0.4) is 0 Å². The maximum atomic E-state index is 13.3. The standard InChI is InChI=1S/C25H26Cl2N4O7S/c1-15-23(24(33)31(30(15)2)16-7-4-3-5-8-16)29-39(35,36)21-11-18(19(26)12-20(21)27)25(34)38-14-22(32)28-13-17-9-6-10-37-17/h3-5,7-8,11-12,17,29H,6,9-10,13-14H2,1-2H3,(H,28,32). The molecule has 2 aromatic carbocycles. The molecule has 0 bridgehead atoms. The van der Waals surface area contributed by atoms with Gasteiger partial charge in [0.2, 0.25) is 0 Å². The number of anilines is 1. The molecule has 2 heterocycles. The van der Waals surface area contributed by atoms with Gasteiger partial charge in [-0.25, -0.2) is 17.9 Å². The highest BCUT2D eigenvalue weighted by atomic mass is 35.5. The summed E-state index contributed by atoms with van der Waals surface area (Å²) in [4.78, 5) is 37.4. The molecule has 1 aromatic heterocycles. The number of aromatic nitrogens is 2. The fourth-order valence-electron chi connectivity index (χ4n) is 4.06. The number of halogens is 2. The molecule has 3 aromatic rings. The third-order valence-corrected chi connectivity index (χ3v) is 8.33. The van der Waals surface area contributed by atoms with Gasteiger partial charge in [-0.2, -0.15) is 0 Å². The van der Waals surface area contributed by atoms with Gasteiger partial charge in [0, 0.05) is 20.2 Å². The number of benzene rings is 2. The highest BCUT2D eigenvalue weighted by molar-refractivity contribution is 7.92. The first-order valence-electron chi connectivity index (χ1n) is 11.9. The normalized spacial score (nSPS) is 15.2. The molecule has 2 N–H and O–H groups in total. The number of hydrogen-bond acceptors (Lipinski definition) is 7. The number of amides is 1. The first-order valence-corrected chi connectivity index (χ1v) is 14.1. The summed E-state index contributed by atoms with van der Waals surface area (Å²) in [5, 5.41) is 2.16. The van der Waals surface area contributed by atoms with Gasteiger partial charge in [-0.15, -0.1) is 0 Å². The second kappa shape index (κ2) is 11.8. The molecule has 39 heavy (non-hydrogen) atoms. The third kappa shape index (κ3) is 6.30. The first kappa shape index (κ1) is 28.7. The van der Waals surface area contributed by atoms with Gasteiger partial charge >= 0.3 is 5.97 Å². The summed E-state index contributed by atoms with van der Waals surface area (Å²) < 4.78 is 42.2. The highest BCUT2D eigenvalue weighted by Gasteiger charge is 2.27. The average Bonchev–Trinajstić information content (AvgIpc) is 3.49. The summed E-state index contributed by atoms with van der Waals surface area (Å²) in [6.07, 6.45) is 1.66. The summed E-state index contributed by atoms with van der Waals surface area (Å²) in [7, 11) is -2.85. The fraction of sp³-hybridized carbons (Fsp3) is 0.320. The van der Waals surface area contributed by atoms with Crippen LogP contribution in [0.25, 0.3) is 5.69 Å². The van der Waals surface area contributed by atoms with E-state index in [9.17, 15) is 22.8 Å². The van der Waals surface area contributed by atoms with Crippen molar-refractivity contribution in [3.05, 3.63) is 74.1 Å². The van der Waals surface area contributed by atoms with E-state index in [-0.39, 0.29) is 33.9 Å². The predicted octanol–water partition coefficient (Wildman–Crippen LogP) is 3.04. The van der Waals surface area contributed by atoms with Gasteiger partial charge < -0.3 is 14.8 Å². The smallest absolute Gasteiger partial charge is 0.340 e. The molecule has 1 saturated heterocycles. The Balaban J connectivity index is 1.54. The Morgan fingerprint density at radius 3 is 2.54 bits per heavy atom. The molecular formula is C25H26Cl2N4O7S. The molecule has 0 saturated carbocycles. The predicted molar refractivity (Wildman–Crippen MR) is 145 cm³/mol. The zero-order chi connectivity index (χ0) is 28.3. The Morgan fingerprint density at radius 1 is 1.15 bits per heavy atom. The van der Waals surface area contributed by atoms with E-state index >= 15 is 0 Å². The molecule has 0 spiro atoms. The Hall–Kier alpha value is -3.32. The molecule has 1 fully saturated rings. The number of para-hydroxylation sites is 1. The van der Waals surface area contributed by atoms with Crippen LogP contribution < -0.4 is 15.6 Å². The molecule has 208 valence electrons. The summed E-state index contributed by atoms with van der Waals surface area (Å²) in [5.41, 5.74) is -0.248. The van der Waals surface area contributed by atoms with Crippen LogP contribution in [0.5, 0.6) is 0 Å². The van der Waals surface area contributed by atoms with Gasteiger partial charge in [0.1, 0.15) is 10.6 Å². The van der Waals surface area contributed by atoms with E-state index in [1.165, 1.54) is 9.36 Å². The Labute approximate surface area is 234 Å². The van der Waals surface area contributed by atoms with Crippen molar-refractivity contribution in [3.8, 4) is 5.69 Å². The maximum Gasteiger partial charge on any atom is 0.340 e. The molecule has 1 unspecified atom stereocenters. The van der Waals surface area contributed by atoms with Crippen molar-refractivity contribution in [3.63, 3.8) is 0 Å². The zero-order valence-electron chi connectivity index (χ0n) is 21.1. The van der Waals surface area contributed by atoms with Crippen molar-refractivity contribution in [2.24, 2.45) is 7.05 Å². The lowest BCUT2D eigenvalue weighted by molar-refractivity contribution is -0.124.